The van der Waals surface area contributed by atoms with Gasteiger partial charge in [-0.15, -0.1) is 0 Å². The number of aliphatic hydroxyl groups excluding tert-OH is 1. The molecule has 1 unspecified atom stereocenters. The average Bonchev–Trinajstić information content (AvgIpc) is 3.36. The Balaban J connectivity index is 1.47. The molecule has 11 nitrogen and oxygen atoms in total. The predicted octanol–water partition coefficient (Wildman–Crippen LogP) is 3.34. The highest BCUT2D eigenvalue weighted by Crippen LogP contribution is 2.31. The molecule has 4 heterocycles. The Morgan fingerprint density at radius 1 is 1.17 bits per heavy atom. The van der Waals surface area contributed by atoms with Gasteiger partial charge in [-0.2, -0.15) is 20.3 Å². The van der Waals surface area contributed by atoms with Gasteiger partial charge in [0.15, 0.2) is 5.82 Å². The van der Waals surface area contributed by atoms with Crippen LogP contribution in [0.4, 0.5) is 17.6 Å². The Kier molecular flexibility index (Phi) is 8.30. The molecule has 11 heteroatoms. The molecule has 36 heavy (non-hydrogen) atoms. The van der Waals surface area contributed by atoms with E-state index in [-0.39, 0.29) is 12.6 Å². The standard InChI is InChI=1S/C25H33N9O2/c1-4-20-8-18(9-21(5-2)34(20)14-16-6-7-17(12-26)27-13-16)28-25-30-22(11-24(31-25)36-3)29-23-10-19(15-35)32-33-23/h6-7,10-11,13,18,20-21,35H,4-5,8-9,14-15H2,1-3H3,(H3,28,29,30,31,32,33)/t18?,20-,21+. The van der Waals surface area contributed by atoms with Gasteiger partial charge in [0.05, 0.1) is 19.4 Å². The van der Waals surface area contributed by atoms with Gasteiger partial charge in [-0.25, -0.2) is 4.98 Å². The molecule has 3 aromatic rings. The third-order valence-corrected chi connectivity index (χ3v) is 6.60. The van der Waals surface area contributed by atoms with Crippen molar-refractivity contribution in [1.82, 2.24) is 30.0 Å². The Bertz CT molecular complexity index is 1160. The molecule has 0 aliphatic carbocycles. The van der Waals surface area contributed by atoms with Crippen LogP contribution in [0.1, 0.15) is 56.5 Å². The third-order valence-electron chi connectivity index (χ3n) is 6.60. The van der Waals surface area contributed by atoms with Crippen LogP contribution in [0.5, 0.6) is 5.88 Å². The summed E-state index contributed by atoms with van der Waals surface area (Å²) in [6.07, 6.45) is 5.77. The molecule has 0 spiro atoms. The number of likely N-dealkylation sites (tertiary alicyclic amines) is 1. The van der Waals surface area contributed by atoms with E-state index in [1.807, 2.05) is 12.3 Å². The molecule has 0 amide bonds. The van der Waals surface area contributed by atoms with E-state index in [9.17, 15) is 5.11 Å². The summed E-state index contributed by atoms with van der Waals surface area (Å²) < 4.78 is 5.40. The second-order valence-electron chi connectivity index (χ2n) is 8.95. The molecule has 1 aliphatic rings. The summed E-state index contributed by atoms with van der Waals surface area (Å²) in [4.78, 5) is 16.0. The van der Waals surface area contributed by atoms with Gasteiger partial charge in [-0.3, -0.25) is 10.00 Å². The van der Waals surface area contributed by atoms with E-state index in [4.69, 9.17) is 10.00 Å². The number of nitriles is 1. The number of H-pyrrole nitrogens is 1. The second kappa shape index (κ2) is 11.8. The summed E-state index contributed by atoms with van der Waals surface area (Å²) in [5.74, 6) is 2.03. The molecule has 0 bridgehead atoms. The minimum absolute atomic E-state index is 0.119. The van der Waals surface area contributed by atoms with Gasteiger partial charge < -0.3 is 20.5 Å². The fraction of sp³-hybridized carbons (Fsp3) is 0.480. The van der Waals surface area contributed by atoms with Crippen molar-refractivity contribution in [3.8, 4) is 11.9 Å². The highest BCUT2D eigenvalue weighted by atomic mass is 16.5. The van der Waals surface area contributed by atoms with Crippen LogP contribution in [0.15, 0.2) is 30.5 Å². The zero-order chi connectivity index (χ0) is 25.5. The zero-order valence-electron chi connectivity index (χ0n) is 20.9. The molecule has 3 aromatic heterocycles. The molecule has 1 fully saturated rings. The topological polar surface area (TPSA) is 148 Å². The first kappa shape index (κ1) is 25.3. The van der Waals surface area contributed by atoms with Crippen LogP contribution in [0.2, 0.25) is 0 Å². The lowest BCUT2D eigenvalue weighted by Crippen LogP contribution is -2.51. The summed E-state index contributed by atoms with van der Waals surface area (Å²) in [5.41, 5.74) is 2.16. The van der Waals surface area contributed by atoms with E-state index < -0.39 is 0 Å². The van der Waals surface area contributed by atoms with Crippen molar-refractivity contribution in [3.05, 3.63) is 47.4 Å². The lowest BCUT2D eigenvalue weighted by molar-refractivity contribution is 0.0631. The molecule has 190 valence electrons. The Morgan fingerprint density at radius 2 is 1.94 bits per heavy atom. The average molecular weight is 492 g/mol. The van der Waals surface area contributed by atoms with Crippen LogP contribution in [0.3, 0.4) is 0 Å². The summed E-state index contributed by atoms with van der Waals surface area (Å²) in [6, 6.07) is 10.3. The highest BCUT2D eigenvalue weighted by molar-refractivity contribution is 5.55. The molecule has 4 N–H and O–H groups in total. The first-order valence-corrected chi connectivity index (χ1v) is 12.3. The maximum atomic E-state index is 9.26. The van der Waals surface area contributed by atoms with E-state index in [1.165, 1.54) is 0 Å². The Morgan fingerprint density at radius 3 is 2.53 bits per heavy atom. The number of nitrogens with one attached hydrogen (secondary N) is 3. The molecular weight excluding hydrogens is 458 g/mol. The maximum Gasteiger partial charge on any atom is 0.228 e. The molecule has 0 saturated carbocycles. The van der Waals surface area contributed by atoms with Gasteiger partial charge in [-0.05, 0) is 37.3 Å². The predicted molar refractivity (Wildman–Crippen MR) is 136 cm³/mol. The van der Waals surface area contributed by atoms with Gasteiger partial charge in [0, 0.05) is 43.0 Å². The number of rotatable bonds is 10. The van der Waals surface area contributed by atoms with Gasteiger partial charge in [0.25, 0.3) is 0 Å². The quantitative estimate of drug-likeness (QED) is 0.333. The maximum absolute atomic E-state index is 9.26. The lowest BCUT2D eigenvalue weighted by atomic mass is 9.88. The first-order chi connectivity index (χ1) is 17.5. The Labute approximate surface area is 211 Å². The molecule has 1 aliphatic heterocycles. The molecule has 1 saturated heterocycles. The van der Waals surface area contributed by atoms with Gasteiger partial charge in [0.1, 0.15) is 17.6 Å². The van der Waals surface area contributed by atoms with Gasteiger partial charge in [-0.1, -0.05) is 19.9 Å². The van der Waals surface area contributed by atoms with Crippen LogP contribution in [-0.2, 0) is 13.2 Å². The van der Waals surface area contributed by atoms with Crippen LogP contribution in [-0.4, -0.2) is 60.4 Å². The van der Waals surface area contributed by atoms with Crippen molar-refractivity contribution in [2.45, 2.75) is 70.8 Å². The number of aromatic amines is 1. The summed E-state index contributed by atoms with van der Waals surface area (Å²) in [5, 5.41) is 31.9. The van der Waals surface area contributed by atoms with E-state index in [2.05, 4.69) is 60.6 Å². The number of hydrogen-bond acceptors (Lipinski definition) is 10. The number of hydrogen-bond donors (Lipinski definition) is 4. The van der Waals surface area contributed by atoms with Gasteiger partial charge >= 0.3 is 0 Å². The molecule has 0 radical (unpaired) electrons. The largest absolute Gasteiger partial charge is 0.481 e. The molecular formula is C25H33N9O2. The zero-order valence-corrected chi connectivity index (χ0v) is 20.9. The molecule has 4 rings (SSSR count). The molecule has 0 aromatic carbocycles. The normalized spacial score (nSPS) is 20.0. The number of aromatic nitrogens is 5. The second-order valence-corrected chi connectivity index (χ2v) is 8.95. The van der Waals surface area contributed by atoms with Crippen molar-refractivity contribution in [2.24, 2.45) is 0 Å². The monoisotopic (exact) mass is 491 g/mol. The fourth-order valence-electron chi connectivity index (χ4n) is 4.77. The van der Waals surface area contributed by atoms with E-state index >= 15 is 0 Å². The van der Waals surface area contributed by atoms with E-state index in [1.54, 1.807) is 25.3 Å². The number of methoxy groups -OCH3 is 1. The Hall–Kier alpha value is -3.75. The van der Waals surface area contributed by atoms with E-state index in [0.717, 1.165) is 37.8 Å². The van der Waals surface area contributed by atoms with Crippen molar-refractivity contribution < 1.29 is 9.84 Å². The van der Waals surface area contributed by atoms with Gasteiger partial charge in [0.2, 0.25) is 11.8 Å². The highest BCUT2D eigenvalue weighted by Gasteiger charge is 2.34. The minimum Gasteiger partial charge on any atom is -0.481 e. The van der Waals surface area contributed by atoms with Crippen molar-refractivity contribution in [3.63, 3.8) is 0 Å². The first-order valence-electron chi connectivity index (χ1n) is 12.3. The fourth-order valence-corrected chi connectivity index (χ4v) is 4.77. The number of aliphatic hydroxyl groups is 1. The SMILES string of the molecule is CC[C@@H]1CC(Nc2nc(Nc3cc(CO)[nH]n3)cc(OC)n2)C[C@H](CC)N1Cc1ccc(C#N)nc1. The summed E-state index contributed by atoms with van der Waals surface area (Å²) in [6.45, 7) is 5.13. The molecule has 3 atom stereocenters. The van der Waals surface area contributed by atoms with Crippen molar-refractivity contribution in [1.29, 1.82) is 5.26 Å². The number of pyridine rings is 1. The number of nitrogens with zero attached hydrogens (tertiary/aromatic N) is 6. The van der Waals surface area contributed by atoms with Crippen molar-refractivity contribution >= 4 is 17.6 Å². The minimum atomic E-state index is -0.119. The van der Waals surface area contributed by atoms with Crippen LogP contribution in [0, 0.1) is 11.3 Å². The number of ether oxygens (including phenoxy) is 1. The van der Waals surface area contributed by atoms with Crippen LogP contribution < -0.4 is 15.4 Å². The smallest absolute Gasteiger partial charge is 0.228 e. The van der Waals surface area contributed by atoms with Crippen LogP contribution in [0.25, 0.3) is 0 Å². The number of anilines is 3. The number of piperidine rings is 1. The van der Waals surface area contributed by atoms with Crippen LogP contribution >= 0.6 is 0 Å². The van der Waals surface area contributed by atoms with Crippen molar-refractivity contribution in [2.75, 3.05) is 17.7 Å². The lowest BCUT2D eigenvalue weighted by Gasteiger charge is -2.45. The summed E-state index contributed by atoms with van der Waals surface area (Å²) in [7, 11) is 1.57. The van der Waals surface area contributed by atoms with E-state index in [0.29, 0.717) is 46.9 Å². The summed E-state index contributed by atoms with van der Waals surface area (Å²) >= 11 is 0. The third kappa shape index (κ3) is 6.08.